The second-order valence-electron chi connectivity index (χ2n) is 5.30. The molecule has 0 saturated heterocycles. The smallest absolute Gasteiger partial charge is 0.244 e. The number of benzene rings is 1. The molecule has 2 rings (SSSR count). The maximum Gasteiger partial charge on any atom is 0.244 e. The van der Waals surface area contributed by atoms with Crippen molar-refractivity contribution in [2.24, 2.45) is 0 Å². The number of rotatable bonds is 3. The van der Waals surface area contributed by atoms with Gasteiger partial charge in [0.05, 0.1) is 22.2 Å². The summed E-state index contributed by atoms with van der Waals surface area (Å²) in [5.41, 5.74) is 0.695. The molecule has 3 nitrogen and oxygen atoms in total. The minimum Gasteiger partial charge on any atom is -0.391 e. The molecular weight excluding hydrogens is 309 g/mol. The van der Waals surface area contributed by atoms with E-state index in [1.54, 1.807) is 24.3 Å². The van der Waals surface area contributed by atoms with Crippen LogP contribution in [0, 0.1) is 0 Å². The van der Waals surface area contributed by atoms with Crippen LogP contribution in [-0.2, 0) is 4.79 Å². The molecule has 5 heteroatoms. The first-order chi connectivity index (χ1) is 10.1. The zero-order valence-corrected chi connectivity index (χ0v) is 13.2. The van der Waals surface area contributed by atoms with Crippen molar-refractivity contribution in [3.63, 3.8) is 0 Å². The van der Waals surface area contributed by atoms with Crippen molar-refractivity contribution in [1.29, 1.82) is 0 Å². The van der Waals surface area contributed by atoms with Crippen molar-refractivity contribution in [2.75, 3.05) is 0 Å². The average molecular weight is 328 g/mol. The fraction of sp³-hybridized carbons (Fsp3) is 0.438. The highest BCUT2D eigenvalue weighted by Crippen LogP contribution is 2.26. The largest absolute Gasteiger partial charge is 0.391 e. The lowest BCUT2D eigenvalue weighted by atomic mass is 10.1. The Morgan fingerprint density at radius 2 is 2.00 bits per heavy atom. The average Bonchev–Trinajstić information content (AvgIpc) is 2.66. The lowest BCUT2D eigenvalue weighted by Gasteiger charge is -2.20. The molecule has 0 bridgehead atoms. The van der Waals surface area contributed by atoms with Gasteiger partial charge in [0.25, 0.3) is 0 Å². The van der Waals surface area contributed by atoms with Crippen molar-refractivity contribution in [2.45, 2.75) is 44.2 Å². The highest BCUT2D eigenvalue weighted by Gasteiger charge is 2.22. The number of aliphatic hydroxyl groups excluding tert-OH is 1. The number of carbonyl (C=O) groups is 1. The minimum absolute atomic E-state index is 0.167. The normalized spacial score (nSPS) is 23.0. The molecule has 1 saturated carbocycles. The summed E-state index contributed by atoms with van der Waals surface area (Å²) in [6.45, 7) is 0. The summed E-state index contributed by atoms with van der Waals surface area (Å²) in [5, 5.41) is 13.7. The van der Waals surface area contributed by atoms with Crippen LogP contribution in [0.25, 0.3) is 6.08 Å². The van der Waals surface area contributed by atoms with Crippen molar-refractivity contribution in [3.8, 4) is 0 Å². The van der Waals surface area contributed by atoms with E-state index < -0.39 is 6.10 Å². The van der Waals surface area contributed by atoms with Gasteiger partial charge in [-0.2, -0.15) is 0 Å². The molecule has 1 aromatic carbocycles. The number of aliphatic hydroxyl groups is 1. The van der Waals surface area contributed by atoms with Gasteiger partial charge in [-0.1, -0.05) is 54.6 Å². The SMILES string of the molecule is O=C(/C=C/c1cccc(Cl)c1Cl)NC1CCCCCC1O. The predicted octanol–water partition coefficient (Wildman–Crippen LogP) is 3.82. The maximum absolute atomic E-state index is 12.0. The molecule has 2 N–H and O–H groups in total. The van der Waals surface area contributed by atoms with Gasteiger partial charge in [0.2, 0.25) is 5.91 Å². The van der Waals surface area contributed by atoms with E-state index in [9.17, 15) is 9.90 Å². The lowest BCUT2D eigenvalue weighted by Crippen LogP contribution is -2.41. The van der Waals surface area contributed by atoms with Gasteiger partial charge in [-0.15, -0.1) is 0 Å². The fourth-order valence-corrected chi connectivity index (χ4v) is 2.87. The molecule has 2 unspecified atom stereocenters. The molecule has 0 aliphatic heterocycles. The minimum atomic E-state index is -0.459. The molecule has 114 valence electrons. The number of carbonyl (C=O) groups excluding carboxylic acids is 1. The summed E-state index contributed by atoms with van der Waals surface area (Å²) in [6.07, 6.45) is 7.32. The summed E-state index contributed by atoms with van der Waals surface area (Å²) >= 11 is 12.0. The first kappa shape index (κ1) is 16.3. The van der Waals surface area contributed by atoms with E-state index in [4.69, 9.17) is 23.2 Å². The van der Waals surface area contributed by atoms with E-state index in [1.807, 2.05) is 0 Å². The van der Waals surface area contributed by atoms with Crippen molar-refractivity contribution < 1.29 is 9.90 Å². The van der Waals surface area contributed by atoms with Crippen molar-refractivity contribution in [3.05, 3.63) is 39.9 Å². The fourth-order valence-electron chi connectivity index (χ4n) is 2.50. The van der Waals surface area contributed by atoms with Crippen LogP contribution in [0.3, 0.4) is 0 Å². The topological polar surface area (TPSA) is 49.3 Å². The van der Waals surface area contributed by atoms with Crippen LogP contribution in [0.2, 0.25) is 10.0 Å². The Labute approximate surface area is 134 Å². The summed E-state index contributed by atoms with van der Waals surface area (Å²) in [5.74, 6) is -0.225. The third kappa shape index (κ3) is 4.73. The van der Waals surface area contributed by atoms with Crippen LogP contribution in [0.5, 0.6) is 0 Å². The van der Waals surface area contributed by atoms with Crippen LogP contribution >= 0.6 is 23.2 Å². The zero-order chi connectivity index (χ0) is 15.2. The molecule has 0 heterocycles. The van der Waals surface area contributed by atoms with Crippen LogP contribution < -0.4 is 5.32 Å². The third-order valence-corrected chi connectivity index (χ3v) is 4.54. The van der Waals surface area contributed by atoms with E-state index in [-0.39, 0.29) is 11.9 Å². The molecule has 0 radical (unpaired) electrons. The van der Waals surface area contributed by atoms with Gasteiger partial charge in [0.1, 0.15) is 0 Å². The second kappa shape index (κ2) is 7.83. The Morgan fingerprint density at radius 3 is 2.81 bits per heavy atom. The number of amides is 1. The number of halogens is 2. The van der Waals surface area contributed by atoms with Crippen LogP contribution in [0.15, 0.2) is 24.3 Å². The van der Waals surface area contributed by atoms with E-state index in [1.165, 1.54) is 6.08 Å². The van der Waals surface area contributed by atoms with Gasteiger partial charge < -0.3 is 10.4 Å². The molecule has 21 heavy (non-hydrogen) atoms. The molecular formula is C16H19Cl2NO2. The van der Waals surface area contributed by atoms with Crippen molar-refractivity contribution in [1.82, 2.24) is 5.32 Å². The van der Waals surface area contributed by atoms with Gasteiger partial charge in [0.15, 0.2) is 0 Å². The highest BCUT2D eigenvalue weighted by atomic mass is 35.5. The van der Waals surface area contributed by atoms with Crippen LogP contribution in [0.1, 0.15) is 37.7 Å². The summed E-state index contributed by atoms with van der Waals surface area (Å²) in [4.78, 5) is 12.0. The maximum atomic E-state index is 12.0. The molecule has 1 aromatic rings. The van der Waals surface area contributed by atoms with E-state index in [2.05, 4.69) is 5.32 Å². The number of hydrogen-bond donors (Lipinski definition) is 2. The molecule has 0 aromatic heterocycles. The Kier molecular flexibility index (Phi) is 6.09. The van der Waals surface area contributed by atoms with Gasteiger partial charge >= 0.3 is 0 Å². The highest BCUT2D eigenvalue weighted by molar-refractivity contribution is 6.42. The molecule has 1 aliphatic rings. The summed E-state index contributed by atoms with van der Waals surface area (Å²) in [6, 6.07) is 5.10. The van der Waals surface area contributed by atoms with Gasteiger partial charge in [-0.05, 0) is 30.5 Å². The Hall–Kier alpha value is -1.03. The molecule has 2 atom stereocenters. The monoisotopic (exact) mass is 327 g/mol. The first-order valence-electron chi connectivity index (χ1n) is 7.18. The molecule has 1 amide bonds. The van der Waals surface area contributed by atoms with Crippen LogP contribution in [0.4, 0.5) is 0 Å². The number of nitrogens with one attached hydrogen (secondary N) is 1. The lowest BCUT2D eigenvalue weighted by molar-refractivity contribution is -0.118. The van der Waals surface area contributed by atoms with E-state index in [0.717, 1.165) is 32.1 Å². The second-order valence-corrected chi connectivity index (χ2v) is 6.08. The first-order valence-corrected chi connectivity index (χ1v) is 7.94. The van der Waals surface area contributed by atoms with Gasteiger partial charge in [-0.3, -0.25) is 4.79 Å². The quantitative estimate of drug-likeness (QED) is 0.655. The Morgan fingerprint density at radius 1 is 1.24 bits per heavy atom. The molecule has 1 aliphatic carbocycles. The Bertz CT molecular complexity index is 531. The summed E-state index contributed by atoms with van der Waals surface area (Å²) < 4.78 is 0. The molecule has 0 spiro atoms. The van der Waals surface area contributed by atoms with E-state index in [0.29, 0.717) is 15.6 Å². The molecule has 1 fully saturated rings. The predicted molar refractivity (Wildman–Crippen MR) is 86.5 cm³/mol. The standard InChI is InChI=1S/C16H19Cl2NO2/c17-12-6-4-5-11(16(12)18)9-10-15(21)19-13-7-2-1-3-8-14(13)20/h4-6,9-10,13-14,20H,1-3,7-8H2,(H,19,21)/b10-9+. The van der Waals surface area contributed by atoms with E-state index >= 15 is 0 Å². The number of hydrogen-bond acceptors (Lipinski definition) is 2. The Balaban J connectivity index is 1.97. The van der Waals surface area contributed by atoms with Crippen LogP contribution in [-0.4, -0.2) is 23.2 Å². The third-order valence-electron chi connectivity index (χ3n) is 3.70. The van der Waals surface area contributed by atoms with Gasteiger partial charge in [0, 0.05) is 6.08 Å². The van der Waals surface area contributed by atoms with Gasteiger partial charge in [-0.25, -0.2) is 0 Å². The van der Waals surface area contributed by atoms with Crippen molar-refractivity contribution >= 4 is 35.2 Å². The zero-order valence-electron chi connectivity index (χ0n) is 11.7. The summed E-state index contributed by atoms with van der Waals surface area (Å²) in [7, 11) is 0.